The molecule has 0 aromatic rings. The lowest BCUT2D eigenvalue weighted by atomic mass is 10.3. The van der Waals surface area contributed by atoms with Crippen molar-refractivity contribution in [2.45, 2.75) is 25.0 Å². The van der Waals surface area contributed by atoms with E-state index in [2.05, 4.69) is 12.6 Å². The van der Waals surface area contributed by atoms with Gasteiger partial charge in [-0.1, -0.05) is 0 Å². The van der Waals surface area contributed by atoms with Crippen molar-refractivity contribution in [2.24, 2.45) is 5.73 Å². The summed E-state index contributed by atoms with van der Waals surface area (Å²) >= 11 is 3.98. The molecule has 1 fully saturated rings. The first-order valence-electron chi connectivity index (χ1n) is 4.76. The number of hydrogen-bond acceptors (Lipinski definition) is 6. The van der Waals surface area contributed by atoms with Gasteiger partial charge in [-0.25, -0.2) is 0 Å². The van der Waals surface area contributed by atoms with Crippen LogP contribution in [0.2, 0.25) is 0 Å². The van der Waals surface area contributed by atoms with Crippen molar-refractivity contribution in [3.05, 3.63) is 0 Å². The summed E-state index contributed by atoms with van der Waals surface area (Å²) < 4.78 is 10.1. The molecule has 1 aliphatic rings. The standard InChI is InChI=1S/C9H15NO4S/c10-6(4-15)3-13-5-14-9-7(11)1-2-8(9)12/h6,9,15H,1-5,10H2. The zero-order valence-electron chi connectivity index (χ0n) is 8.35. The molecule has 1 rings (SSSR count). The molecule has 5 nitrogen and oxygen atoms in total. The van der Waals surface area contributed by atoms with Gasteiger partial charge in [0.05, 0.1) is 6.61 Å². The molecule has 0 spiro atoms. The number of nitrogens with two attached hydrogens (primary N) is 1. The molecule has 0 bridgehead atoms. The van der Waals surface area contributed by atoms with Gasteiger partial charge in [-0.15, -0.1) is 0 Å². The molecule has 0 amide bonds. The molecule has 0 saturated heterocycles. The molecular weight excluding hydrogens is 218 g/mol. The molecule has 0 heterocycles. The number of hydrogen-bond donors (Lipinski definition) is 2. The second kappa shape index (κ2) is 6.22. The number of carbonyl (C=O) groups excluding carboxylic acids is 2. The predicted octanol–water partition coefficient (Wildman–Crippen LogP) is -0.465. The molecule has 2 N–H and O–H groups in total. The molecule has 86 valence electrons. The minimum atomic E-state index is -0.919. The average molecular weight is 233 g/mol. The van der Waals surface area contributed by atoms with Gasteiger partial charge in [0.25, 0.3) is 0 Å². The third-order valence-corrected chi connectivity index (χ3v) is 2.56. The SMILES string of the molecule is NC(CS)COCOC1C(=O)CCC1=O. The van der Waals surface area contributed by atoms with E-state index in [0.717, 1.165) is 0 Å². The van der Waals surface area contributed by atoms with Gasteiger partial charge in [-0.3, -0.25) is 9.59 Å². The van der Waals surface area contributed by atoms with Crippen molar-refractivity contribution >= 4 is 24.2 Å². The van der Waals surface area contributed by atoms with Crippen LogP contribution in [0.15, 0.2) is 0 Å². The maximum absolute atomic E-state index is 11.1. The average Bonchev–Trinajstić information content (AvgIpc) is 2.54. The van der Waals surface area contributed by atoms with Crippen LogP contribution in [0.1, 0.15) is 12.8 Å². The van der Waals surface area contributed by atoms with E-state index in [4.69, 9.17) is 15.2 Å². The summed E-state index contributed by atoms with van der Waals surface area (Å²) in [5, 5.41) is 0. The van der Waals surface area contributed by atoms with Gasteiger partial charge in [-0.05, 0) is 0 Å². The summed E-state index contributed by atoms with van der Waals surface area (Å²) in [6, 6.07) is -0.160. The molecule has 0 aromatic heterocycles. The number of ketones is 2. The van der Waals surface area contributed by atoms with Crippen molar-refractivity contribution in [2.75, 3.05) is 19.2 Å². The molecule has 1 saturated carbocycles. The number of Topliss-reactive ketones (excluding diaryl/α,β-unsaturated/α-hetero) is 2. The Balaban J connectivity index is 2.14. The van der Waals surface area contributed by atoms with Crippen molar-refractivity contribution in [3.63, 3.8) is 0 Å². The van der Waals surface area contributed by atoms with Gasteiger partial charge >= 0.3 is 0 Å². The van der Waals surface area contributed by atoms with E-state index in [1.165, 1.54) is 0 Å². The Hall–Kier alpha value is -0.430. The Morgan fingerprint density at radius 2 is 2.00 bits per heavy atom. The normalized spacial score (nSPS) is 19.9. The van der Waals surface area contributed by atoms with E-state index < -0.39 is 6.10 Å². The van der Waals surface area contributed by atoms with Gasteiger partial charge in [0.2, 0.25) is 0 Å². The number of thiol groups is 1. The van der Waals surface area contributed by atoms with Crippen LogP contribution in [-0.2, 0) is 19.1 Å². The van der Waals surface area contributed by atoms with Crippen LogP contribution in [0.25, 0.3) is 0 Å². The van der Waals surface area contributed by atoms with Gasteiger partial charge in [0.1, 0.15) is 6.79 Å². The summed E-state index contributed by atoms with van der Waals surface area (Å²) in [7, 11) is 0. The maximum atomic E-state index is 11.1. The predicted molar refractivity (Wildman–Crippen MR) is 56.8 cm³/mol. The minimum Gasteiger partial charge on any atom is -0.354 e. The second-order valence-corrected chi connectivity index (χ2v) is 3.78. The second-order valence-electron chi connectivity index (χ2n) is 3.41. The van der Waals surface area contributed by atoms with Crippen LogP contribution in [-0.4, -0.2) is 42.9 Å². The molecular formula is C9H15NO4S. The van der Waals surface area contributed by atoms with Crippen LogP contribution >= 0.6 is 12.6 Å². The van der Waals surface area contributed by atoms with Crippen LogP contribution in [0.3, 0.4) is 0 Å². The third kappa shape index (κ3) is 3.90. The molecule has 0 aromatic carbocycles. The lowest BCUT2D eigenvalue weighted by molar-refractivity contribution is -0.148. The molecule has 1 unspecified atom stereocenters. The van der Waals surface area contributed by atoms with Crippen LogP contribution in [0.5, 0.6) is 0 Å². The highest BCUT2D eigenvalue weighted by Gasteiger charge is 2.33. The van der Waals surface area contributed by atoms with Crippen LogP contribution in [0.4, 0.5) is 0 Å². The molecule has 1 aliphatic carbocycles. The van der Waals surface area contributed by atoms with Crippen molar-refractivity contribution in [1.82, 2.24) is 0 Å². The Morgan fingerprint density at radius 1 is 1.40 bits per heavy atom. The van der Waals surface area contributed by atoms with Gasteiger partial charge in [0.15, 0.2) is 17.7 Å². The zero-order valence-corrected chi connectivity index (χ0v) is 9.24. The van der Waals surface area contributed by atoms with Crippen molar-refractivity contribution in [3.8, 4) is 0 Å². The van der Waals surface area contributed by atoms with Crippen LogP contribution < -0.4 is 5.73 Å². The Bertz CT molecular complexity index is 230. The lowest BCUT2D eigenvalue weighted by Gasteiger charge is -2.11. The zero-order chi connectivity index (χ0) is 11.3. The van der Waals surface area contributed by atoms with Crippen molar-refractivity contribution < 1.29 is 19.1 Å². The van der Waals surface area contributed by atoms with Gasteiger partial charge < -0.3 is 15.2 Å². The number of ether oxygens (including phenoxy) is 2. The first-order chi connectivity index (χ1) is 7.15. The summed E-state index contributed by atoms with van der Waals surface area (Å²) in [4.78, 5) is 22.3. The van der Waals surface area contributed by atoms with Gasteiger partial charge in [-0.2, -0.15) is 12.6 Å². The highest BCUT2D eigenvalue weighted by atomic mass is 32.1. The first kappa shape index (κ1) is 12.6. The number of rotatable bonds is 6. The van der Waals surface area contributed by atoms with Crippen molar-refractivity contribution in [1.29, 1.82) is 0 Å². The van der Waals surface area contributed by atoms with E-state index in [1.54, 1.807) is 0 Å². The fourth-order valence-corrected chi connectivity index (χ4v) is 1.35. The fraction of sp³-hybridized carbons (Fsp3) is 0.778. The fourth-order valence-electron chi connectivity index (χ4n) is 1.24. The summed E-state index contributed by atoms with van der Waals surface area (Å²) in [6.45, 7) is 0.224. The van der Waals surface area contributed by atoms with E-state index in [1.807, 2.05) is 0 Å². The molecule has 1 atom stereocenters. The molecule has 0 radical (unpaired) electrons. The summed E-state index contributed by atoms with van der Waals surface area (Å²) in [5.74, 6) is 0.186. The Kier molecular flexibility index (Phi) is 5.24. The van der Waals surface area contributed by atoms with Gasteiger partial charge in [0, 0.05) is 24.6 Å². The largest absolute Gasteiger partial charge is 0.354 e. The third-order valence-electron chi connectivity index (χ3n) is 2.09. The van der Waals surface area contributed by atoms with Crippen LogP contribution in [0, 0.1) is 0 Å². The minimum absolute atomic E-state index is 0.0797. The van der Waals surface area contributed by atoms with E-state index in [-0.39, 0.29) is 37.2 Å². The summed E-state index contributed by atoms with van der Waals surface area (Å²) in [6.07, 6.45) is -0.364. The van der Waals surface area contributed by atoms with E-state index in [0.29, 0.717) is 12.4 Å². The van der Waals surface area contributed by atoms with E-state index in [9.17, 15) is 9.59 Å². The highest BCUT2D eigenvalue weighted by molar-refractivity contribution is 7.80. The monoisotopic (exact) mass is 233 g/mol. The molecule has 15 heavy (non-hydrogen) atoms. The lowest BCUT2D eigenvalue weighted by Crippen LogP contribution is -2.30. The Labute approximate surface area is 93.7 Å². The maximum Gasteiger partial charge on any atom is 0.176 e. The van der Waals surface area contributed by atoms with E-state index >= 15 is 0 Å². The molecule has 0 aliphatic heterocycles. The smallest absolute Gasteiger partial charge is 0.176 e. The highest BCUT2D eigenvalue weighted by Crippen LogP contribution is 2.13. The first-order valence-corrected chi connectivity index (χ1v) is 5.39. The summed E-state index contributed by atoms with van der Waals surface area (Å²) in [5.41, 5.74) is 5.53. The quantitative estimate of drug-likeness (QED) is 0.281. The number of carbonyl (C=O) groups is 2. The Morgan fingerprint density at radius 3 is 2.53 bits per heavy atom. The molecule has 6 heteroatoms. The topological polar surface area (TPSA) is 78.6 Å².